The molecule has 17 heavy (non-hydrogen) atoms. The standard InChI is InChI=1S/C11H14BrClN4/c1-16(2)10-7(12)3-4-8(9(10)13)17-6-5-15-11(17)14/h3-4H,5-6H2,1-2H3,(H2,14,15). The van der Waals surface area contributed by atoms with E-state index < -0.39 is 0 Å². The van der Waals surface area contributed by atoms with Crippen LogP contribution in [0.25, 0.3) is 0 Å². The lowest BCUT2D eigenvalue weighted by Gasteiger charge is -2.24. The summed E-state index contributed by atoms with van der Waals surface area (Å²) in [5.74, 6) is 0.527. The van der Waals surface area contributed by atoms with Gasteiger partial charge in [-0.3, -0.25) is 4.99 Å². The molecule has 1 aliphatic rings. The minimum atomic E-state index is 0.527. The van der Waals surface area contributed by atoms with Crippen LogP contribution in [0.3, 0.4) is 0 Å². The number of anilines is 2. The van der Waals surface area contributed by atoms with Crippen molar-refractivity contribution in [2.45, 2.75) is 0 Å². The molecule has 0 spiro atoms. The van der Waals surface area contributed by atoms with Crippen molar-refractivity contribution in [2.75, 3.05) is 37.0 Å². The predicted octanol–water partition coefficient (Wildman–Crippen LogP) is 2.30. The molecule has 0 bridgehead atoms. The van der Waals surface area contributed by atoms with Crippen LogP contribution < -0.4 is 15.5 Å². The number of guanidine groups is 1. The van der Waals surface area contributed by atoms with E-state index in [4.69, 9.17) is 17.3 Å². The van der Waals surface area contributed by atoms with Crippen LogP contribution in [0.2, 0.25) is 5.02 Å². The summed E-state index contributed by atoms with van der Waals surface area (Å²) in [6.07, 6.45) is 0. The minimum absolute atomic E-state index is 0.527. The topological polar surface area (TPSA) is 44.9 Å². The quantitative estimate of drug-likeness (QED) is 0.910. The van der Waals surface area contributed by atoms with Crippen LogP contribution in [0.5, 0.6) is 0 Å². The van der Waals surface area contributed by atoms with Gasteiger partial charge in [-0.2, -0.15) is 0 Å². The molecule has 2 rings (SSSR count). The van der Waals surface area contributed by atoms with Crippen molar-refractivity contribution in [1.29, 1.82) is 0 Å². The van der Waals surface area contributed by atoms with E-state index in [1.807, 2.05) is 36.0 Å². The molecule has 0 saturated carbocycles. The summed E-state index contributed by atoms with van der Waals surface area (Å²) >= 11 is 9.93. The van der Waals surface area contributed by atoms with Gasteiger partial charge in [-0.05, 0) is 28.1 Å². The van der Waals surface area contributed by atoms with Gasteiger partial charge >= 0.3 is 0 Å². The lowest BCUT2D eigenvalue weighted by atomic mass is 10.2. The third kappa shape index (κ3) is 2.21. The molecule has 6 heteroatoms. The van der Waals surface area contributed by atoms with Gasteiger partial charge in [0.15, 0.2) is 5.96 Å². The molecule has 0 saturated heterocycles. The summed E-state index contributed by atoms with van der Waals surface area (Å²) in [7, 11) is 3.91. The molecule has 0 radical (unpaired) electrons. The Bertz CT molecular complexity index is 473. The highest BCUT2D eigenvalue weighted by Gasteiger charge is 2.21. The van der Waals surface area contributed by atoms with E-state index in [9.17, 15) is 0 Å². The smallest absolute Gasteiger partial charge is 0.195 e. The summed E-state index contributed by atoms with van der Waals surface area (Å²) < 4.78 is 0.964. The average molecular weight is 318 g/mol. The maximum Gasteiger partial charge on any atom is 0.195 e. The molecule has 0 aliphatic carbocycles. The fraction of sp³-hybridized carbons (Fsp3) is 0.364. The Hall–Kier alpha value is -0.940. The zero-order valence-corrected chi connectivity index (χ0v) is 12.1. The molecule has 0 aromatic heterocycles. The third-order valence-corrected chi connectivity index (χ3v) is 3.67. The van der Waals surface area contributed by atoms with Gasteiger partial charge in [0.05, 0.1) is 22.9 Å². The highest BCUT2D eigenvalue weighted by molar-refractivity contribution is 9.10. The van der Waals surface area contributed by atoms with E-state index >= 15 is 0 Å². The lowest BCUT2D eigenvalue weighted by molar-refractivity contribution is 1.02. The van der Waals surface area contributed by atoms with E-state index in [1.165, 1.54) is 0 Å². The van der Waals surface area contributed by atoms with Gasteiger partial charge in [-0.25, -0.2) is 0 Å². The second kappa shape index (κ2) is 4.74. The molecule has 4 nitrogen and oxygen atoms in total. The Morgan fingerprint density at radius 3 is 2.71 bits per heavy atom. The van der Waals surface area contributed by atoms with Crippen LogP contribution in [-0.2, 0) is 0 Å². The summed E-state index contributed by atoms with van der Waals surface area (Å²) in [6.45, 7) is 1.50. The first-order valence-corrected chi connectivity index (χ1v) is 6.42. The first-order chi connectivity index (χ1) is 8.02. The van der Waals surface area contributed by atoms with Crippen LogP contribution in [0.1, 0.15) is 0 Å². The number of hydrogen-bond acceptors (Lipinski definition) is 4. The molecule has 1 aromatic rings. The number of nitrogens with two attached hydrogens (primary N) is 1. The van der Waals surface area contributed by atoms with Crippen molar-refractivity contribution in [3.05, 3.63) is 21.6 Å². The number of aliphatic imine (C=N–C) groups is 1. The van der Waals surface area contributed by atoms with E-state index in [0.29, 0.717) is 11.0 Å². The van der Waals surface area contributed by atoms with Crippen LogP contribution >= 0.6 is 27.5 Å². The molecule has 0 fully saturated rings. The molecule has 0 unspecified atom stereocenters. The Morgan fingerprint density at radius 1 is 1.47 bits per heavy atom. The second-order valence-electron chi connectivity index (χ2n) is 4.02. The highest BCUT2D eigenvalue weighted by atomic mass is 79.9. The number of hydrogen-bond donors (Lipinski definition) is 1. The largest absolute Gasteiger partial charge is 0.375 e. The molecule has 2 N–H and O–H groups in total. The molecule has 92 valence electrons. The van der Waals surface area contributed by atoms with Crippen molar-refractivity contribution in [3.8, 4) is 0 Å². The van der Waals surface area contributed by atoms with Crippen LogP contribution in [0.15, 0.2) is 21.6 Å². The van der Waals surface area contributed by atoms with Crippen molar-refractivity contribution in [2.24, 2.45) is 10.7 Å². The number of rotatable bonds is 2. The van der Waals surface area contributed by atoms with Crippen molar-refractivity contribution in [3.63, 3.8) is 0 Å². The van der Waals surface area contributed by atoms with Crippen molar-refractivity contribution < 1.29 is 0 Å². The van der Waals surface area contributed by atoms with Gasteiger partial charge in [0.2, 0.25) is 0 Å². The zero-order valence-electron chi connectivity index (χ0n) is 9.74. The van der Waals surface area contributed by atoms with Crippen molar-refractivity contribution >= 4 is 44.9 Å². The summed E-state index contributed by atoms with van der Waals surface area (Å²) in [6, 6.07) is 3.93. The maximum atomic E-state index is 6.43. The molecular formula is C11H14BrClN4. The van der Waals surface area contributed by atoms with Gasteiger partial charge < -0.3 is 15.5 Å². The fourth-order valence-corrected chi connectivity index (χ4v) is 3.09. The molecule has 1 heterocycles. The second-order valence-corrected chi connectivity index (χ2v) is 5.25. The Kier molecular flexibility index (Phi) is 3.49. The number of nitrogens with zero attached hydrogens (tertiary/aromatic N) is 3. The van der Waals surface area contributed by atoms with Crippen LogP contribution in [0, 0.1) is 0 Å². The number of benzene rings is 1. The Morgan fingerprint density at radius 2 is 2.18 bits per heavy atom. The summed E-state index contributed by atoms with van der Waals surface area (Å²) in [4.78, 5) is 8.07. The molecule has 1 aliphatic heterocycles. The lowest BCUT2D eigenvalue weighted by Crippen LogP contribution is -2.34. The van der Waals surface area contributed by atoms with Gasteiger partial charge in [-0.15, -0.1) is 0 Å². The Labute approximate surface area is 114 Å². The minimum Gasteiger partial charge on any atom is -0.375 e. The van der Waals surface area contributed by atoms with Gasteiger partial charge in [-0.1, -0.05) is 11.6 Å². The molecule has 0 atom stereocenters. The summed E-state index contributed by atoms with van der Waals surface area (Å²) in [5.41, 5.74) is 7.68. The van der Waals surface area contributed by atoms with Crippen LogP contribution in [-0.4, -0.2) is 33.1 Å². The van der Waals surface area contributed by atoms with E-state index in [-0.39, 0.29) is 0 Å². The highest BCUT2D eigenvalue weighted by Crippen LogP contribution is 2.40. The zero-order chi connectivity index (χ0) is 12.6. The van der Waals surface area contributed by atoms with E-state index in [1.54, 1.807) is 0 Å². The van der Waals surface area contributed by atoms with Gasteiger partial charge in [0.25, 0.3) is 0 Å². The van der Waals surface area contributed by atoms with Gasteiger partial charge in [0.1, 0.15) is 0 Å². The predicted molar refractivity (Wildman–Crippen MR) is 77.3 cm³/mol. The number of halogens is 2. The van der Waals surface area contributed by atoms with E-state index in [2.05, 4.69) is 20.9 Å². The fourth-order valence-electron chi connectivity index (χ4n) is 1.86. The Balaban J connectivity index is 2.49. The summed E-state index contributed by atoms with van der Waals surface area (Å²) in [5, 5.41) is 0.685. The normalized spacial score (nSPS) is 15.1. The third-order valence-electron chi connectivity index (χ3n) is 2.66. The maximum absolute atomic E-state index is 6.43. The van der Waals surface area contributed by atoms with Crippen LogP contribution in [0.4, 0.5) is 11.4 Å². The molecule has 1 aromatic carbocycles. The SMILES string of the molecule is CN(C)c1c(Br)ccc(N2CCN=C2N)c1Cl. The van der Waals surface area contributed by atoms with Crippen molar-refractivity contribution in [1.82, 2.24) is 0 Å². The molecule has 0 amide bonds. The first kappa shape index (κ1) is 12.5. The van der Waals surface area contributed by atoms with E-state index in [0.717, 1.165) is 28.9 Å². The molecular weight excluding hydrogens is 304 g/mol. The van der Waals surface area contributed by atoms with Gasteiger partial charge in [0, 0.05) is 25.1 Å². The first-order valence-electron chi connectivity index (χ1n) is 5.25. The monoisotopic (exact) mass is 316 g/mol. The average Bonchev–Trinajstić information content (AvgIpc) is 2.64.